The number of nitrogens with one attached hydrogen (secondary N) is 1. The SMILES string of the molecule is O=C(N[C@H]1[C@@H]2C[C@](O)(c3cc(Cl)cn4cncc34)C[C@@H]21)c1cccc(Br)c1. The van der Waals surface area contributed by atoms with Gasteiger partial charge in [-0.1, -0.05) is 33.6 Å². The number of nitrogens with zero attached hydrogens (tertiary/aromatic N) is 2. The van der Waals surface area contributed by atoms with Crippen molar-refractivity contribution in [3.05, 3.63) is 69.7 Å². The molecule has 5 rings (SSSR count). The average Bonchev–Trinajstić information content (AvgIpc) is 3.01. The first kappa shape index (κ1) is 17.2. The monoisotopic (exact) mass is 445 g/mol. The number of hydrogen-bond acceptors (Lipinski definition) is 3. The van der Waals surface area contributed by atoms with Crippen LogP contribution >= 0.6 is 27.5 Å². The lowest BCUT2D eigenvalue weighted by atomic mass is 9.88. The van der Waals surface area contributed by atoms with E-state index in [1.54, 1.807) is 24.8 Å². The summed E-state index contributed by atoms with van der Waals surface area (Å²) >= 11 is 9.62. The van der Waals surface area contributed by atoms with E-state index in [9.17, 15) is 9.90 Å². The standard InChI is InChI=1S/C20H17BrClN3O2/c21-12-3-1-2-11(4-12)19(26)24-18-14-6-20(27,7-15(14)18)16-5-13(22)9-25-10-23-8-17(16)25/h1-5,8-10,14-15,18,27H,6-7H2,(H,24,26)/t14-,15+,18+,20-. The predicted molar refractivity (Wildman–Crippen MR) is 106 cm³/mol. The topological polar surface area (TPSA) is 66.6 Å². The number of pyridine rings is 1. The summed E-state index contributed by atoms with van der Waals surface area (Å²) in [5.74, 6) is 0.501. The Bertz CT molecular complexity index is 1050. The molecule has 4 atom stereocenters. The van der Waals surface area contributed by atoms with Gasteiger partial charge in [-0.25, -0.2) is 4.98 Å². The molecular weight excluding hydrogens is 430 g/mol. The van der Waals surface area contributed by atoms with Crippen LogP contribution in [-0.2, 0) is 5.60 Å². The third-order valence-electron chi connectivity index (χ3n) is 5.85. The highest BCUT2D eigenvalue weighted by Crippen LogP contribution is 2.60. The van der Waals surface area contributed by atoms with Crippen LogP contribution in [0.25, 0.3) is 5.52 Å². The molecule has 2 N–H and O–H groups in total. The Kier molecular flexibility index (Phi) is 3.86. The maximum absolute atomic E-state index is 12.5. The summed E-state index contributed by atoms with van der Waals surface area (Å²) < 4.78 is 2.72. The van der Waals surface area contributed by atoms with Crippen molar-refractivity contribution in [3.63, 3.8) is 0 Å². The second kappa shape index (κ2) is 6.06. The van der Waals surface area contributed by atoms with Crippen LogP contribution < -0.4 is 5.32 Å². The van der Waals surface area contributed by atoms with Gasteiger partial charge in [0.1, 0.15) is 0 Å². The lowest BCUT2D eigenvalue weighted by Gasteiger charge is -2.27. The van der Waals surface area contributed by atoms with E-state index >= 15 is 0 Å². The quantitative estimate of drug-likeness (QED) is 0.643. The van der Waals surface area contributed by atoms with Gasteiger partial charge in [0, 0.05) is 27.8 Å². The van der Waals surface area contributed by atoms with Crippen molar-refractivity contribution in [2.75, 3.05) is 0 Å². The van der Waals surface area contributed by atoms with E-state index in [2.05, 4.69) is 26.2 Å². The molecule has 2 aromatic heterocycles. The van der Waals surface area contributed by atoms with Crippen LogP contribution in [0.3, 0.4) is 0 Å². The second-order valence-corrected chi connectivity index (χ2v) is 8.89. The summed E-state index contributed by atoms with van der Waals surface area (Å²) in [6, 6.07) is 9.31. The molecule has 27 heavy (non-hydrogen) atoms. The molecule has 2 aliphatic rings. The van der Waals surface area contributed by atoms with Crippen LogP contribution in [0.2, 0.25) is 5.02 Å². The van der Waals surface area contributed by atoms with Crippen molar-refractivity contribution in [1.82, 2.24) is 14.7 Å². The molecule has 0 bridgehead atoms. The minimum absolute atomic E-state index is 0.0693. The molecule has 3 aromatic rings. The summed E-state index contributed by atoms with van der Waals surface area (Å²) in [5, 5.41) is 15.0. The molecule has 138 valence electrons. The fraction of sp³-hybridized carbons (Fsp3) is 0.300. The van der Waals surface area contributed by atoms with Crippen LogP contribution in [0.5, 0.6) is 0 Å². The molecule has 2 saturated carbocycles. The summed E-state index contributed by atoms with van der Waals surface area (Å²) in [6.07, 6.45) is 6.45. The molecule has 0 aliphatic heterocycles. The first-order chi connectivity index (χ1) is 12.9. The zero-order valence-corrected chi connectivity index (χ0v) is 16.6. The molecule has 0 radical (unpaired) electrons. The van der Waals surface area contributed by atoms with Gasteiger partial charge < -0.3 is 14.8 Å². The van der Waals surface area contributed by atoms with Gasteiger partial charge in [0.15, 0.2) is 0 Å². The van der Waals surface area contributed by atoms with Gasteiger partial charge in [0.05, 0.1) is 28.7 Å². The fourth-order valence-corrected chi connectivity index (χ4v) is 5.15. The van der Waals surface area contributed by atoms with E-state index in [1.807, 2.05) is 28.7 Å². The molecule has 0 unspecified atom stereocenters. The number of carbonyl (C=O) groups excluding carboxylic acids is 1. The molecule has 0 spiro atoms. The maximum Gasteiger partial charge on any atom is 0.251 e. The summed E-state index contributed by atoms with van der Waals surface area (Å²) in [4.78, 5) is 16.6. The van der Waals surface area contributed by atoms with Crippen LogP contribution in [-0.4, -0.2) is 26.4 Å². The van der Waals surface area contributed by atoms with Crippen molar-refractivity contribution < 1.29 is 9.90 Å². The third kappa shape index (κ3) is 2.87. The highest BCUT2D eigenvalue weighted by Gasteiger charge is 2.62. The zero-order valence-electron chi connectivity index (χ0n) is 14.3. The lowest BCUT2D eigenvalue weighted by Crippen LogP contribution is -2.33. The molecule has 5 nitrogen and oxygen atoms in total. The van der Waals surface area contributed by atoms with Gasteiger partial charge in [-0.05, 0) is 48.9 Å². The number of rotatable bonds is 3. The first-order valence-electron chi connectivity index (χ1n) is 8.85. The summed E-state index contributed by atoms with van der Waals surface area (Å²) in [5.41, 5.74) is 1.40. The summed E-state index contributed by atoms with van der Waals surface area (Å²) in [7, 11) is 0. The van der Waals surface area contributed by atoms with E-state index < -0.39 is 5.60 Å². The van der Waals surface area contributed by atoms with Gasteiger partial charge in [-0.3, -0.25) is 4.79 Å². The molecule has 7 heteroatoms. The highest BCUT2D eigenvalue weighted by atomic mass is 79.9. The van der Waals surface area contributed by atoms with E-state index in [0.717, 1.165) is 15.6 Å². The van der Waals surface area contributed by atoms with Crippen LogP contribution in [0.15, 0.2) is 53.5 Å². The van der Waals surface area contributed by atoms with Crippen molar-refractivity contribution in [3.8, 4) is 0 Å². The van der Waals surface area contributed by atoms with Crippen molar-refractivity contribution in [2.24, 2.45) is 11.8 Å². The van der Waals surface area contributed by atoms with Gasteiger partial charge in [-0.2, -0.15) is 0 Å². The maximum atomic E-state index is 12.5. The second-order valence-electron chi connectivity index (χ2n) is 7.54. The Morgan fingerprint density at radius 3 is 2.85 bits per heavy atom. The first-order valence-corrected chi connectivity index (χ1v) is 10.0. The third-order valence-corrected chi connectivity index (χ3v) is 6.55. The highest BCUT2D eigenvalue weighted by molar-refractivity contribution is 9.10. The van der Waals surface area contributed by atoms with Crippen molar-refractivity contribution >= 4 is 39.0 Å². The Balaban J connectivity index is 1.33. The average molecular weight is 447 g/mol. The Labute approximate surface area is 169 Å². The van der Waals surface area contributed by atoms with Crippen LogP contribution in [0.1, 0.15) is 28.8 Å². The number of aromatic nitrogens is 2. The van der Waals surface area contributed by atoms with E-state index in [1.165, 1.54) is 0 Å². The van der Waals surface area contributed by atoms with Gasteiger partial charge in [0.25, 0.3) is 5.91 Å². The van der Waals surface area contributed by atoms with Gasteiger partial charge in [0.2, 0.25) is 0 Å². The molecule has 0 saturated heterocycles. The van der Waals surface area contributed by atoms with Crippen LogP contribution in [0.4, 0.5) is 0 Å². The van der Waals surface area contributed by atoms with E-state index in [-0.39, 0.29) is 23.8 Å². The number of halogens is 2. The molecule has 2 heterocycles. The normalized spacial score (nSPS) is 28.9. The van der Waals surface area contributed by atoms with Crippen LogP contribution in [0, 0.1) is 11.8 Å². The number of benzene rings is 1. The number of fused-ring (bicyclic) bond motifs is 2. The minimum atomic E-state index is -0.932. The Morgan fingerprint density at radius 2 is 2.11 bits per heavy atom. The molecule has 2 fully saturated rings. The summed E-state index contributed by atoms with van der Waals surface area (Å²) in [6.45, 7) is 0. The molecule has 1 aromatic carbocycles. The smallest absolute Gasteiger partial charge is 0.251 e. The predicted octanol–water partition coefficient (Wildman–Crippen LogP) is 3.78. The molecule has 1 amide bonds. The van der Waals surface area contributed by atoms with E-state index in [4.69, 9.17) is 11.6 Å². The Hall–Kier alpha value is -1.89. The number of carbonyl (C=O) groups is 1. The zero-order chi connectivity index (χ0) is 18.8. The number of aliphatic hydroxyl groups is 1. The minimum Gasteiger partial charge on any atom is -0.385 e. The number of imidazole rings is 1. The lowest BCUT2D eigenvalue weighted by molar-refractivity contribution is 0.0289. The van der Waals surface area contributed by atoms with E-state index in [0.29, 0.717) is 23.4 Å². The molecule has 2 aliphatic carbocycles. The number of amides is 1. The fourth-order valence-electron chi connectivity index (χ4n) is 4.53. The van der Waals surface area contributed by atoms with Gasteiger partial charge in [-0.15, -0.1) is 0 Å². The van der Waals surface area contributed by atoms with Gasteiger partial charge >= 0.3 is 0 Å². The molecular formula is C20H17BrClN3O2. The number of hydrogen-bond donors (Lipinski definition) is 2. The van der Waals surface area contributed by atoms with Crippen molar-refractivity contribution in [2.45, 2.75) is 24.5 Å². The Morgan fingerprint density at radius 1 is 1.33 bits per heavy atom. The largest absolute Gasteiger partial charge is 0.385 e. The van der Waals surface area contributed by atoms with Crippen molar-refractivity contribution in [1.29, 1.82) is 0 Å².